The van der Waals surface area contributed by atoms with E-state index >= 15 is 0 Å². The highest BCUT2D eigenvalue weighted by Crippen LogP contribution is 2.26. The number of ether oxygens (including phenoxy) is 1. The second-order valence-electron chi connectivity index (χ2n) is 4.93. The highest BCUT2D eigenvalue weighted by atomic mass is 32.2. The molecule has 1 heterocycles. The Kier molecular flexibility index (Phi) is 3.80. The summed E-state index contributed by atoms with van der Waals surface area (Å²) in [4.78, 5) is -0.222. The van der Waals surface area contributed by atoms with E-state index in [2.05, 4.69) is 4.72 Å². The van der Waals surface area contributed by atoms with E-state index in [0.717, 1.165) is 6.07 Å². The second kappa shape index (κ2) is 5.07. The topological polar surface area (TPSA) is 81.4 Å². The van der Waals surface area contributed by atoms with Crippen molar-refractivity contribution in [2.45, 2.75) is 30.2 Å². The lowest BCUT2D eigenvalue weighted by Gasteiger charge is -2.34. The minimum atomic E-state index is -3.84. The molecule has 0 aliphatic carbocycles. The van der Waals surface area contributed by atoms with Gasteiger partial charge in [-0.1, -0.05) is 6.07 Å². The Morgan fingerprint density at radius 1 is 1.37 bits per heavy atom. The quantitative estimate of drug-likeness (QED) is 0.820. The summed E-state index contributed by atoms with van der Waals surface area (Å²) in [7, 11) is -3.84. The average molecular weight is 288 g/mol. The normalized spacial score (nSPS) is 19.3. The smallest absolute Gasteiger partial charge is 0.243 e. The van der Waals surface area contributed by atoms with Crippen LogP contribution in [0.5, 0.6) is 0 Å². The van der Waals surface area contributed by atoms with E-state index in [9.17, 15) is 12.8 Å². The number of sulfonamides is 1. The number of hydrogen-bond donors (Lipinski definition) is 2. The Labute approximate surface area is 112 Å². The van der Waals surface area contributed by atoms with Crippen molar-refractivity contribution in [3.8, 4) is 0 Å². The van der Waals surface area contributed by atoms with Gasteiger partial charge in [-0.3, -0.25) is 0 Å². The molecule has 1 aromatic carbocycles. The third-order valence-corrected chi connectivity index (χ3v) is 4.98. The van der Waals surface area contributed by atoms with Gasteiger partial charge < -0.3 is 10.5 Å². The zero-order valence-corrected chi connectivity index (χ0v) is 11.5. The van der Waals surface area contributed by atoms with Crippen molar-refractivity contribution in [3.63, 3.8) is 0 Å². The second-order valence-corrected chi connectivity index (χ2v) is 6.58. The van der Waals surface area contributed by atoms with Gasteiger partial charge in [-0.2, -0.15) is 0 Å². The Bertz CT molecular complexity index is 568. The highest BCUT2D eigenvalue weighted by molar-refractivity contribution is 7.89. The number of anilines is 1. The van der Waals surface area contributed by atoms with Crippen LogP contribution in [-0.2, 0) is 14.8 Å². The number of benzene rings is 1. The summed E-state index contributed by atoms with van der Waals surface area (Å²) in [6.45, 7) is 2.80. The van der Waals surface area contributed by atoms with E-state index in [4.69, 9.17) is 10.5 Å². The van der Waals surface area contributed by atoms with E-state index in [-0.39, 0.29) is 10.6 Å². The predicted octanol–water partition coefficient (Wildman–Crippen LogP) is 1.26. The maximum Gasteiger partial charge on any atom is 0.243 e. The Balaban J connectivity index is 2.30. The van der Waals surface area contributed by atoms with Crippen molar-refractivity contribution in [1.29, 1.82) is 0 Å². The van der Waals surface area contributed by atoms with Gasteiger partial charge in [0, 0.05) is 18.8 Å². The maximum atomic E-state index is 13.3. The van der Waals surface area contributed by atoms with E-state index < -0.39 is 21.4 Å². The van der Waals surface area contributed by atoms with Crippen molar-refractivity contribution in [1.82, 2.24) is 4.72 Å². The zero-order chi connectivity index (χ0) is 14.1. The van der Waals surface area contributed by atoms with Crippen molar-refractivity contribution >= 4 is 15.7 Å². The minimum absolute atomic E-state index is 0.222. The molecule has 0 atom stereocenters. The summed E-state index contributed by atoms with van der Waals surface area (Å²) in [6.07, 6.45) is 1.14. The fourth-order valence-electron chi connectivity index (χ4n) is 2.05. The van der Waals surface area contributed by atoms with Gasteiger partial charge in [0.15, 0.2) is 0 Å². The summed E-state index contributed by atoms with van der Waals surface area (Å²) < 4.78 is 45.7. The van der Waals surface area contributed by atoms with E-state index in [1.807, 2.05) is 6.92 Å². The van der Waals surface area contributed by atoms with Crippen LogP contribution in [0.4, 0.5) is 10.1 Å². The molecular formula is C12H17FN2O3S. The van der Waals surface area contributed by atoms with Crippen molar-refractivity contribution < 1.29 is 17.5 Å². The first-order valence-corrected chi connectivity index (χ1v) is 7.48. The summed E-state index contributed by atoms with van der Waals surface area (Å²) >= 11 is 0. The largest absolute Gasteiger partial charge is 0.395 e. The molecule has 19 heavy (non-hydrogen) atoms. The number of halogens is 1. The fourth-order valence-corrected chi connectivity index (χ4v) is 3.66. The molecule has 0 aromatic heterocycles. The summed E-state index contributed by atoms with van der Waals surface area (Å²) in [5, 5.41) is 0. The molecule has 1 aromatic rings. The van der Waals surface area contributed by atoms with Crippen LogP contribution in [0.25, 0.3) is 0 Å². The van der Waals surface area contributed by atoms with Gasteiger partial charge in [-0.25, -0.2) is 17.5 Å². The lowest BCUT2D eigenvalue weighted by Crippen LogP contribution is -2.49. The van der Waals surface area contributed by atoms with Crippen molar-refractivity contribution in [2.24, 2.45) is 0 Å². The van der Waals surface area contributed by atoms with Crippen LogP contribution in [0.1, 0.15) is 19.8 Å². The molecule has 0 radical (unpaired) electrons. The number of nitrogens with one attached hydrogen (secondary N) is 1. The molecule has 2 rings (SSSR count). The van der Waals surface area contributed by atoms with E-state index in [0.29, 0.717) is 26.1 Å². The molecule has 106 valence electrons. The average Bonchev–Trinajstić information content (AvgIpc) is 2.32. The number of para-hydroxylation sites is 1. The van der Waals surface area contributed by atoms with Gasteiger partial charge in [0.05, 0.1) is 5.69 Å². The number of nitrogens with two attached hydrogens (primary N) is 1. The fraction of sp³-hybridized carbons (Fsp3) is 0.500. The molecule has 0 saturated carbocycles. The van der Waals surface area contributed by atoms with Crippen LogP contribution in [0.2, 0.25) is 0 Å². The van der Waals surface area contributed by atoms with Crippen molar-refractivity contribution in [2.75, 3.05) is 18.9 Å². The third-order valence-electron chi connectivity index (χ3n) is 3.28. The highest BCUT2D eigenvalue weighted by Gasteiger charge is 2.33. The Hall–Kier alpha value is -1.18. The van der Waals surface area contributed by atoms with Gasteiger partial charge in [0.25, 0.3) is 0 Å². The maximum absolute atomic E-state index is 13.3. The number of nitrogen functional groups attached to an aromatic ring is 1. The van der Waals surface area contributed by atoms with Crippen LogP contribution in [0.3, 0.4) is 0 Å². The molecule has 1 fully saturated rings. The lowest BCUT2D eigenvalue weighted by molar-refractivity contribution is 0.0537. The molecule has 1 aliphatic rings. The third kappa shape index (κ3) is 3.05. The first-order valence-electron chi connectivity index (χ1n) is 6.00. The molecule has 7 heteroatoms. The predicted molar refractivity (Wildman–Crippen MR) is 69.6 cm³/mol. The zero-order valence-electron chi connectivity index (χ0n) is 10.6. The Morgan fingerprint density at radius 2 is 2.00 bits per heavy atom. The molecule has 0 spiro atoms. The van der Waals surface area contributed by atoms with Gasteiger partial charge in [-0.15, -0.1) is 0 Å². The molecule has 0 bridgehead atoms. The van der Waals surface area contributed by atoms with Crippen LogP contribution >= 0.6 is 0 Å². The first-order chi connectivity index (χ1) is 8.84. The molecule has 1 saturated heterocycles. The first kappa shape index (κ1) is 14.2. The SMILES string of the molecule is CC1(NS(=O)(=O)c2cccc(F)c2N)CCOCC1. The van der Waals surface area contributed by atoms with E-state index in [1.165, 1.54) is 12.1 Å². The minimum Gasteiger partial charge on any atom is -0.395 e. The summed E-state index contributed by atoms with van der Waals surface area (Å²) in [5.74, 6) is -0.736. The Morgan fingerprint density at radius 3 is 2.63 bits per heavy atom. The monoisotopic (exact) mass is 288 g/mol. The number of hydrogen-bond acceptors (Lipinski definition) is 4. The summed E-state index contributed by atoms with van der Waals surface area (Å²) in [5.41, 5.74) is 4.55. The lowest BCUT2D eigenvalue weighted by atomic mass is 9.94. The molecule has 0 amide bonds. The van der Waals surface area contributed by atoms with Gasteiger partial charge in [-0.05, 0) is 31.9 Å². The van der Waals surface area contributed by atoms with Gasteiger partial charge in [0.1, 0.15) is 10.7 Å². The van der Waals surface area contributed by atoms with Crippen LogP contribution in [0, 0.1) is 5.82 Å². The molecule has 1 aliphatic heterocycles. The van der Waals surface area contributed by atoms with Crippen LogP contribution in [-0.4, -0.2) is 27.2 Å². The molecular weight excluding hydrogens is 271 g/mol. The number of rotatable bonds is 3. The van der Waals surface area contributed by atoms with Crippen LogP contribution < -0.4 is 10.5 Å². The van der Waals surface area contributed by atoms with E-state index in [1.54, 1.807) is 0 Å². The van der Waals surface area contributed by atoms with Crippen molar-refractivity contribution in [3.05, 3.63) is 24.0 Å². The van der Waals surface area contributed by atoms with Crippen LogP contribution in [0.15, 0.2) is 23.1 Å². The van der Waals surface area contributed by atoms with Gasteiger partial charge in [0.2, 0.25) is 10.0 Å². The van der Waals surface area contributed by atoms with Gasteiger partial charge >= 0.3 is 0 Å². The summed E-state index contributed by atoms with van der Waals surface area (Å²) in [6, 6.07) is 3.75. The molecule has 5 nitrogen and oxygen atoms in total. The standard InChI is InChI=1S/C12H17FN2O3S/c1-12(5-7-18-8-6-12)15-19(16,17)10-4-2-3-9(13)11(10)14/h2-4,15H,5-8,14H2,1H3. The molecule has 0 unspecified atom stereocenters. The molecule has 3 N–H and O–H groups in total.